The molecule has 0 aromatic rings. The summed E-state index contributed by atoms with van der Waals surface area (Å²) in [7, 11) is 0. The highest BCUT2D eigenvalue weighted by Crippen LogP contribution is 2.17. The van der Waals surface area contributed by atoms with Gasteiger partial charge in [0.05, 0.1) is 0 Å². The smallest absolute Gasteiger partial charge is 0.306 e. The number of hydrogen-bond acceptors (Lipinski definition) is 6. The summed E-state index contributed by atoms with van der Waals surface area (Å²) < 4.78 is 16.9. The highest BCUT2D eigenvalue weighted by molar-refractivity contribution is 5.71. The molecule has 0 aliphatic carbocycles. The van der Waals surface area contributed by atoms with Crippen LogP contribution in [0.1, 0.15) is 310 Å². The number of carbonyl (C=O) groups is 3. The lowest BCUT2D eigenvalue weighted by Gasteiger charge is -2.18. The Labute approximate surface area is 482 Å². The first kappa shape index (κ1) is 74.1. The molecular formula is C72H122O6. The molecule has 0 amide bonds. The summed E-state index contributed by atoms with van der Waals surface area (Å²) in [5, 5.41) is 0. The second-order valence-corrected chi connectivity index (χ2v) is 21.6. The third-order valence-corrected chi connectivity index (χ3v) is 14.0. The first-order valence-electron chi connectivity index (χ1n) is 32.9. The second-order valence-electron chi connectivity index (χ2n) is 21.6. The molecule has 0 aliphatic rings. The molecular weight excluding hydrogens is 961 g/mol. The lowest BCUT2D eigenvalue weighted by atomic mass is 10.0. The lowest BCUT2D eigenvalue weighted by Crippen LogP contribution is -2.30. The predicted octanol–water partition coefficient (Wildman–Crippen LogP) is 22.6. The van der Waals surface area contributed by atoms with Gasteiger partial charge in [0.1, 0.15) is 13.2 Å². The molecule has 0 saturated carbocycles. The molecule has 0 aliphatic heterocycles. The molecule has 0 aromatic heterocycles. The van der Waals surface area contributed by atoms with Crippen LogP contribution in [0.2, 0.25) is 0 Å². The van der Waals surface area contributed by atoms with E-state index in [1.807, 2.05) is 0 Å². The van der Waals surface area contributed by atoms with Crippen molar-refractivity contribution in [2.45, 2.75) is 316 Å². The van der Waals surface area contributed by atoms with E-state index in [0.29, 0.717) is 19.3 Å². The molecule has 1 atom stereocenters. The van der Waals surface area contributed by atoms with E-state index in [4.69, 9.17) is 14.2 Å². The van der Waals surface area contributed by atoms with Gasteiger partial charge in [0.2, 0.25) is 0 Å². The number of unbranched alkanes of at least 4 members (excludes halogenated alkanes) is 30. The maximum Gasteiger partial charge on any atom is 0.306 e. The van der Waals surface area contributed by atoms with Gasteiger partial charge in [-0.3, -0.25) is 14.4 Å². The van der Waals surface area contributed by atoms with Gasteiger partial charge < -0.3 is 14.2 Å². The van der Waals surface area contributed by atoms with E-state index in [-0.39, 0.29) is 37.5 Å². The topological polar surface area (TPSA) is 78.9 Å². The van der Waals surface area contributed by atoms with Gasteiger partial charge in [-0.15, -0.1) is 0 Å². The molecule has 0 fully saturated rings. The third kappa shape index (κ3) is 62.9. The average molecular weight is 1080 g/mol. The van der Waals surface area contributed by atoms with Crippen LogP contribution < -0.4 is 0 Å². The predicted molar refractivity (Wildman–Crippen MR) is 339 cm³/mol. The molecule has 0 heterocycles. The quantitative estimate of drug-likeness (QED) is 0.0261. The molecule has 78 heavy (non-hydrogen) atoms. The zero-order chi connectivity index (χ0) is 56.4. The fourth-order valence-corrected chi connectivity index (χ4v) is 9.12. The van der Waals surface area contributed by atoms with Gasteiger partial charge in [0.15, 0.2) is 6.10 Å². The zero-order valence-electron chi connectivity index (χ0n) is 51.2. The van der Waals surface area contributed by atoms with E-state index >= 15 is 0 Å². The van der Waals surface area contributed by atoms with E-state index in [2.05, 4.69) is 130 Å². The van der Waals surface area contributed by atoms with Crippen molar-refractivity contribution < 1.29 is 28.6 Å². The monoisotopic (exact) mass is 1080 g/mol. The van der Waals surface area contributed by atoms with Crippen LogP contribution in [0.4, 0.5) is 0 Å². The summed E-state index contributed by atoms with van der Waals surface area (Å²) >= 11 is 0. The second kappa shape index (κ2) is 65.6. The Morgan fingerprint density at radius 1 is 0.269 bits per heavy atom. The van der Waals surface area contributed by atoms with Crippen LogP contribution >= 0.6 is 0 Å². The molecule has 6 heteroatoms. The van der Waals surface area contributed by atoms with Gasteiger partial charge in [0, 0.05) is 19.3 Å². The van der Waals surface area contributed by atoms with E-state index in [0.717, 1.165) is 122 Å². The number of allylic oxidation sites excluding steroid dienone is 18. The fourth-order valence-electron chi connectivity index (χ4n) is 9.12. The SMILES string of the molecule is CC/C=C\C/C=C\C/C=C\C/C=C\C/C=C\C/C=C\C/C=C\CCCC(=O)OC(COC(=O)CCCCCCC/C=C\C/C=C\CCC)COC(=O)CCCCCCCCCCCCCCCCCCCCCCCCCC. The number of rotatable bonds is 59. The number of esters is 3. The molecule has 0 radical (unpaired) electrons. The summed E-state index contributed by atoms with van der Waals surface area (Å²) in [6.07, 6.45) is 89.7. The molecule has 6 nitrogen and oxygen atoms in total. The van der Waals surface area contributed by atoms with Crippen molar-refractivity contribution in [2.75, 3.05) is 13.2 Å². The molecule has 0 N–H and O–H groups in total. The van der Waals surface area contributed by atoms with Gasteiger partial charge in [-0.05, 0) is 96.3 Å². The lowest BCUT2D eigenvalue weighted by molar-refractivity contribution is -0.167. The summed E-state index contributed by atoms with van der Waals surface area (Å²) in [5.41, 5.74) is 0. The Morgan fingerprint density at radius 3 is 0.872 bits per heavy atom. The molecule has 0 aromatic carbocycles. The Hall–Kier alpha value is -3.93. The van der Waals surface area contributed by atoms with Crippen molar-refractivity contribution in [3.05, 3.63) is 109 Å². The first-order valence-corrected chi connectivity index (χ1v) is 32.9. The average Bonchev–Trinajstić information content (AvgIpc) is 3.44. The highest BCUT2D eigenvalue weighted by atomic mass is 16.6. The summed E-state index contributed by atoms with van der Waals surface area (Å²) in [5.74, 6) is -0.971. The normalized spacial score (nSPS) is 12.8. The van der Waals surface area contributed by atoms with Crippen molar-refractivity contribution in [2.24, 2.45) is 0 Å². The van der Waals surface area contributed by atoms with Crippen molar-refractivity contribution in [1.82, 2.24) is 0 Å². The zero-order valence-corrected chi connectivity index (χ0v) is 51.2. The van der Waals surface area contributed by atoms with Gasteiger partial charge in [-0.2, -0.15) is 0 Å². The van der Waals surface area contributed by atoms with E-state index in [1.165, 1.54) is 141 Å². The van der Waals surface area contributed by atoms with Crippen molar-refractivity contribution in [3.8, 4) is 0 Å². The Balaban J connectivity index is 4.40. The van der Waals surface area contributed by atoms with E-state index in [1.54, 1.807) is 0 Å². The first-order chi connectivity index (χ1) is 38.5. The van der Waals surface area contributed by atoms with Crippen LogP contribution in [-0.2, 0) is 28.6 Å². The largest absolute Gasteiger partial charge is 0.462 e. The van der Waals surface area contributed by atoms with Crippen LogP contribution in [-0.4, -0.2) is 37.2 Å². The van der Waals surface area contributed by atoms with Gasteiger partial charge >= 0.3 is 17.9 Å². The number of ether oxygens (including phenoxy) is 3. The molecule has 0 spiro atoms. The van der Waals surface area contributed by atoms with Gasteiger partial charge in [-0.25, -0.2) is 0 Å². The molecule has 1 unspecified atom stereocenters. The molecule has 446 valence electrons. The van der Waals surface area contributed by atoms with Crippen molar-refractivity contribution in [3.63, 3.8) is 0 Å². The Bertz CT molecular complexity index is 1570. The maximum atomic E-state index is 12.9. The van der Waals surface area contributed by atoms with Crippen LogP contribution in [0.25, 0.3) is 0 Å². The maximum absolute atomic E-state index is 12.9. The Morgan fingerprint density at radius 2 is 0.538 bits per heavy atom. The number of hydrogen-bond donors (Lipinski definition) is 0. The van der Waals surface area contributed by atoms with Gasteiger partial charge in [0.25, 0.3) is 0 Å². The number of carbonyl (C=O) groups excluding carboxylic acids is 3. The van der Waals surface area contributed by atoms with Crippen LogP contribution in [0.5, 0.6) is 0 Å². The summed E-state index contributed by atoms with van der Waals surface area (Å²) in [6, 6.07) is 0. The third-order valence-electron chi connectivity index (χ3n) is 14.0. The fraction of sp³-hybridized carbons (Fsp3) is 0.708. The van der Waals surface area contributed by atoms with E-state index in [9.17, 15) is 14.4 Å². The standard InChI is InChI=1S/C72H122O6/c1-4-7-10-13-16-19-22-25-27-29-31-33-35-37-38-40-42-44-47-50-53-56-59-62-65-71(74)77-68-69(67-76-70(73)64-61-58-55-52-49-46-24-21-18-15-12-9-6-3)78-72(75)66-63-60-57-54-51-48-45-43-41-39-36-34-32-30-28-26-23-20-17-14-11-8-5-2/h8,11-12,15,17,20-21,24,26,28,32,34,39,41,45,48,54,57,69H,4-7,9-10,13-14,16,18-19,22-23,25,27,29-31,33,35-38,40,42-44,46-47,49-53,55-56,58-68H2,1-3H3/b11-8-,15-12-,20-17-,24-21-,28-26-,34-32-,41-39-,48-45-,57-54-. The summed E-state index contributed by atoms with van der Waals surface area (Å²) in [6.45, 7) is 6.43. The van der Waals surface area contributed by atoms with E-state index < -0.39 is 6.10 Å². The van der Waals surface area contributed by atoms with Crippen LogP contribution in [0, 0.1) is 0 Å². The minimum absolute atomic E-state index is 0.105. The van der Waals surface area contributed by atoms with Crippen LogP contribution in [0.3, 0.4) is 0 Å². The molecule has 0 saturated heterocycles. The molecule has 0 bridgehead atoms. The minimum atomic E-state index is -0.816. The summed E-state index contributed by atoms with van der Waals surface area (Å²) in [4.78, 5) is 38.3. The Kier molecular flexibility index (Phi) is 62.3. The van der Waals surface area contributed by atoms with Crippen LogP contribution in [0.15, 0.2) is 109 Å². The van der Waals surface area contributed by atoms with Crippen molar-refractivity contribution in [1.29, 1.82) is 0 Å². The minimum Gasteiger partial charge on any atom is -0.462 e. The van der Waals surface area contributed by atoms with Crippen molar-refractivity contribution >= 4 is 17.9 Å². The van der Waals surface area contributed by atoms with Gasteiger partial charge in [-0.1, -0.05) is 304 Å². The molecule has 0 rings (SSSR count). The highest BCUT2D eigenvalue weighted by Gasteiger charge is 2.19.